The highest BCUT2D eigenvalue weighted by atomic mass is 15.0. The van der Waals surface area contributed by atoms with Crippen molar-refractivity contribution in [1.29, 1.82) is 0 Å². The maximum atomic E-state index is 4.45. The molecule has 1 N–H and O–H groups in total. The Hall–Kier alpha value is -0.530. The highest BCUT2D eigenvalue weighted by Gasteiger charge is 2.03. The van der Waals surface area contributed by atoms with Crippen molar-refractivity contribution in [1.82, 2.24) is 5.32 Å². The molecule has 1 heterocycles. The molecule has 0 aromatic heterocycles. The van der Waals surface area contributed by atoms with Crippen molar-refractivity contribution in [2.45, 2.75) is 46.0 Å². The Labute approximate surface area is 81.8 Å². The van der Waals surface area contributed by atoms with Crippen LogP contribution in [0, 0.1) is 5.92 Å². The highest BCUT2D eigenvalue weighted by Crippen LogP contribution is 2.05. The van der Waals surface area contributed by atoms with Gasteiger partial charge in [0.15, 0.2) is 0 Å². The van der Waals surface area contributed by atoms with Gasteiger partial charge in [-0.05, 0) is 31.6 Å². The SMILES string of the molecule is CC(C)CCCNC1=NCCCC1. The van der Waals surface area contributed by atoms with Gasteiger partial charge in [0, 0.05) is 19.5 Å². The molecule has 0 fully saturated rings. The third-order valence-electron chi connectivity index (χ3n) is 2.41. The maximum Gasteiger partial charge on any atom is 0.0963 e. The van der Waals surface area contributed by atoms with Gasteiger partial charge in [-0.25, -0.2) is 0 Å². The predicted octanol–water partition coefficient (Wildman–Crippen LogP) is 2.59. The highest BCUT2D eigenvalue weighted by molar-refractivity contribution is 5.82. The number of hydrogen-bond donors (Lipinski definition) is 1. The van der Waals surface area contributed by atoms with Gasteiger partial charge >= 0.3 is 0 Å². The number of rotatable bonds is 4. The molecule has 0 aromatic rings. The Kier molecular flexibility index (Phi) is 4.87. The summed E-state index contributed by atoms with van der Waals surface area (Å²) in [4.78, 5) is 4.45. The summed E-state index contributed by atoms with van der Waals surface area (Å²) in [5.74, 6) is 2.07. The molecule has 76 valence electrons. The number of aliphatic imine (C=N–C) groups is 1. The van der Waals surface area contributed by atoms with Crippen molar-refractivity contribution in [3.05, 3.63) is 0 Å². The monoisotopic (exact) mass is 182 g/mol. The molecule has 0 amide bonds. The second-order valence-electron chi connectivity index (χ2n) is 4.25. The molecule has 13 heavy (non-hydrogen) atoms. The fourth-order valence-corrected chi connectivity index (χ4v) is 1.58. The first-order chi connectivity index (χ1) is 6.29. The number of nitrogens with zero attached hydrogens (tertiary/aromatic N) is 1. The zero-order chi connectivity index (χ0) is 9.52. The van der Waals surface area contributed by atoms with Crippen LogP contribution in [0.3, 0.4) is 0 Å². The Morgan fingerprint density at radius 2 is 2.23 bits per heavy atom. The molecule has 0 bridgehead atoms. The smallest absolute Gasteiger partial charge is 0.0963 e. The zero-order valence-electron chi connectivity index (χ0n) is 8.97. The number of nitrogens with one attached hydrogen (secondary N) is 1. The third-order valence-corrected chi connectivity index (χ3v) is 2.41. The minimum atomic E-state index is 0.829. The quantitative estimate of drug-likeness (QED) is 0.664. The largest absolute Gasteiger partial charge is 0.374 e. The molecule has 1 aliphatic rings. The summed E-state index contributed by atoms with van der Waals surface area (Å²) >= 11 is 0. The van der Waals surface area contributed by atoms with Gasteiger partial charge in [-0.2, -0.15) is 0 Å². The van der Waals surface area contributed by atoms with Crippen molar-refractivity contribution in [2.75, 3.05) is 13.1 Å². The van der Waals surface area contributed by atoms with Gasteiger partial charge in [0.1, 0.15) is 0 Å². The summed E-state index contributed by atoms with van der Waals surface area (Å²) in [5, 5.41) is 3.43. The summed E-state index contributed by atoms with van der Waals surface area (Å²) in [5.41, 5.74) is 0. The van der Waals surface area contributed by atoms with Crippen LogP contribution < -0.4 is 5.32 Å². The van der Waals surface area contributed by atoms with Gasteiger partial charge in [0.2, 0.25) is 0 Å². The van der Waals surface area contributed by atoms with Crippen LogP contribution in [-0.2, 0) is 0 Å². The molecule has 0 radical (unpaired) electrons. The van der Waals surface area contributed by atoms with Crippen LogP contribution in [0.1, 0.15) is 46.0 Å². The predicted molar refractivity (Wildman–Crippen MR) is 58.2 cm³/mol. The molecule has 1 rings (SSSR count). The van der Waals surface area contributed by atoms with Crippen LogP contribution in [0.5, 0.6) is 0 Å². The molecule has 0 aliphatic carbocycles. The average molecular weight is 182 g/mol. The lowest BCUT2D eigenvalue weighted by Gasteiger charge is -2.14. The summed E-state index contributed by atoms with van der Waals surface area (Å²) in [6.45, 7) is 6.69. The van der Waals surface area contributed by atoms with E-state index in [1.807, 2.05) is 0 Å². The lowest BCUT2D eigenvalue weighted by atomic mass is 10.1. The fraction of sp³-hybridized carbons (Fsp3) is 0.909. The molecular weight excluding hydrogens is 160 g/mol. The van der Waals surface area contributed by atoms with Crippen molar-refractivity contribution in [2.24, 2.45) is 10.9 Å². The van der Waals surface area contributed by atoms with E-state index in [1.165, 1.54) is 37.9 Å². The average Bonchev–Trinajstić information content (AvgIpc) is 2.14. The standard InChI is InChI=1S/C11H22N2/c1-10(2)6-5-9-13-11-7-3-4-8-12-11/h10H,3-9H2,1-2H3,(H,12,13). The first-order valence-electron chi connectivity index (χ1n) is 5.56. The van der Waals surface area contributed by atoms with Gasteiger partial charge < -0.3 is 5.32 Å². The summed E-state index contributed by atoms with van der Waals surface area (Å²) in [7, 11) is 0. The van der Waals surface area contributed by atoms with E-state index in [0.717, 1.165) is 19.0 Å². The Morgan fingerprint density at radius 1 is 1.38 bits per heavy atom. The molecule has 0 unspecified atom stereocenters. The van der Waals surface area contributed by atoms with E-state index in [2.05, 4.69) is 24.2 Å². The van der Waals surface area contributed by atoms with Crippen LogP contribution in [-0.4, -0.2) is 18.9 Å². The molecule has 0 spiro atoms. The van der Waals surface area contributed by atoms with E-state index in [1.54, 1.807) is 0 Å². The topological polar surface area (TPSA) is 24.4 Å². The van der Waals surface area contributed by atoms with Crippen LogP contribution in [0.25, 0.3) is 0 Å². The van der Waals surface area contributed by atoms with Crippen molar-refractivity contribution in [3.8, 4) is 0 Å². The minimum Gasteiger partial charge on any atom is -0.374 e. The molecule has 1 aliphatic heterocycles. The first-order valence-corrected chi connectivity index (χ1v) is 5.56. The molecule has 0 aromatic carbocycles. The number of hydrogen-bond acceptors (Lipinski definition) is 2. The molecular formula is C11H22N2. The second kappa shape index (κ2) is 6.01. The Balaban J connectivity index is 2.01. The number of amidine groups is 1. The van der Waals surface area contributed by atoms with E-state index in [4.69, 9.17) is 0 Å². The minimum absolute atomic E-state index is 0.829. The van der Waals surface area contributed by atoms with Gasteiger partial charge in [-0.15, -0.1) is 0 Å². The van der Waals surface area contributed by atoms with E-state index in [0.29, 0.717) is 0 Å². The van der Waals surface area contributed by atoms with Crippen LogP contribution in [0.2, 0.25) is 0 Å². The first kappa shape index (κ1) is 10.6. The van der Waals surface area contributed by atoms with Crippen LogP contribution in [0.4, 0.5) is 0 Å². The van der Waals surface area contributed by atoms with Crippen LogP contribution >= 0.6 is 0 Å². The van der Waals surface area contributed by atoms with E-state index in [9.17, 15) is 0 Å². The molecule has 0 atom stereocenters. The normalized spacial score (nSPS) is 17.3. The van der Waals surface area contributed by atoms with Gasteiger partial charge in [0.25, 0.3) is 0 Å². The van der Waals surface area contributed by atoms with E-state index in [-0.39, 0.29) is 0 Å². The third kappa shape index (κ3) is 4.91. The lowest BCUT2D eigenvalue weighted by Crippen LogP contribution is -2.26. The second-order valence-corrected chi connectivity index (χ2v) is 4.25. The Morgan fingerprint density at radius 3 is 2.85 bits per heavy atom. The van der Waals surface area contributed by atoms with Crippen molar-refractivity contribution in [3.63, 3.8) is 0 Å². The maximum absolute atomic E-state index is 4.45. The van der Waals surface area contributed by atoms with Crippen molar-refractivity contribution < 1.29 is 0 Å². The van der Waals surface area contributed by atoms with E-state index < -0.39 is 0 Å². The lowest BCUT2D eigenvalue weighted by molar-refractivity contribution is 0.548. The van der Waals surface area contributed by atoms with Gasteiger partial charge in [0.05, 0.1) is 5.84 Å². The zero-order valence-corrected chi connectivity index (χ0v) is 8.97. The molecule has 2 nitrogen and oxygen atoms in total. The van der Waals surface area contributed by atoms with Gasteiger partial charge in [-0.3, -0.25) is 4.99 Å². The summed E-state index contributed by atoms with van der Waals surface area (Å²) in [6, 6.07) is 0. The summed E-state index contributed by atoms with van der Waals surface area (Å²) in [6.07, 6.45) is 6.35. The summed E-state index contributed by atoms with van der Waals surface area (Å²) < 4.78 is 0. The fourth-order valence-electron chi connectivity index (χ4n) is 1.58. The van der Waals surface area contributed by atoms with Gasteiger partial charge in [-0.1, -0.05) is 13.8 Å². The molecule has 0 saturated heterocycles. The van der Waals surface area contributed by atoms with Crippen LogP contribution in [0.15, 0.2) is 4.99 Å². The Bertz CT molecular complexity index is 161. The molecule has 2 heteroatoms. The molecule has 0 saturated carbocycles. The van der Waals surface area contributed by atoms with Crippen molar-refractivity contribution >= 4 is 5.84 Å². The van der Waals surface area contributed by atoms with E-state index >= 15 is 0 Å².